The fourth-order valence-electron chi connectivity index (χ4n) is 3.18. The number of benzene rings is 1. The van der Waals surface area contributed by atoms with E-state index in [4.69, 9.17) is 10.5 Å². The predicted molar refractivity (Wildman–Crippen MR) is 80.8 cm³/mol. The van der Waals surface area contributed by atoms with Crippen molar-refractivity contribution >= 4 is 0 Å². The summed E-state index contributed by atoms with van der Waals surface area (Å²) >= 11 is 0. The van der Waals surface area contributed by atoms with Crippen molar-refractivity contribution in [3.05, 3.63) is 29.8 Å². The molecule has 0 amide bonds. The maximum atomic E-state index is 9.62. The van der Waals surface area contributed by atoms with Crippen molar-refractivity contribution in [3.63, 3.8) is 0 Å². The molecule has 3 unspecified atom stereocenters. The average molecular weight is 278 g/mol. The summed E-state index contributed by atoms with van der Waals surface area (Å²) in [5.41, 5.74) is 7.43. The zero-order valence-electron chi connectivity index (χ0n) is 12.5. The molecule has 1 saturated heterocycles. The van der Waals surface area contributed by atoms with Crippen LogP contribution in [0.15, 0.2) is 24.3 Å². The van der Waals surface area contributed by atoms with Crippen LogP contribution in [0.25, 0.3) is 0 Å². The van der Waals surface area contributed by atoms with E-state index < -0.39 is 0 Å². The van der Waals surface area contributed by atoms with E-state index in [-0.39, 0.29) is 24.7 Å². The Hall–Kier alpha value is -1.10. The number of hydrogen-bond donors (Lipinski definition) is 2. The number of likely N-dealkylation sites (tertiary alicyclic amines) is 1. The molecule has 1 fully saturated rings. The van der Waals surface area contributed by atoms with Crippen LogP contribution in [0.2, 0.25) is 0 Å². The lowest BCUT2D eigenvalue weighted by Gasteiger charge is -2.42. The number of nitrogens with two attached hydrogens (primary N) is 1. The molecule has 1 heterocycles. The van der Waals surface area contributed by atoms with Crippen molar-refractivity contribution in [2.75, 3.05) is 20.3 Å². The summed E-state index contributed by atoms with van der Waals surface area (Å²) in [6.07, 6.45) is 3.42. The van der Waals surface area contributed by atoms with E-state index in [2.05, 4.69) is 17.0 Å². The van der Waals surface area contributed by atoms with Gasteiger partial charge in [-0.05, 0) is 44.0 Å². The molecule has 0 aliphatic carbocycles. The van der Waals surface area contributed by atoms with E-state index in [1.165, 1.54) is 18.4 Å². The number of ether oxygens (including phenoxy) is 1. The average Bonchev–Trinajstić information content (AvgIpc) is 2.48. The highest BCUT2D eigenvalue weighted by molar-refractivity contribution is 5.30. The van der Waals surface area contributed by atoms with Gasteiger partial charge in [0.15, 0.2) is 0 Å². The molecule has 0 bridgehead atoms. The highest BCUT2D eigenvalue weighted by atomic mass is 16.5. The fourth-order valence-corrected chi connectivity index (χ4v) is 3.18. The largest absolute Gasteiger partial charge is 0.497 e. The van der Waals surface area contributed by atoms with Crippen LogP contribution in [0.3, 0.4) is 0 Å². The molecule has 20 heavy (non-hydrogen) atoms. The highest BCUT2D eigenvalue weighted by Gasteiger charge is 2.31. The molecule has 1 aliphatic rings. The van der Waals surface area contributed by atoms with E-state index in [9.17, 15) is 5.11 Å². The van der Waals surface area contributed by atoms with Crippen molar-refractivity contribution < 1.29 is 9.84 Å². The third kappa shape index (κ3) is 3.32. The molecule has 2 rings (SSSR count). The van der Waals surface area contributed by atoms with E-state index in [1.807, 2.05) is 19.1 Å². The zero-order valence-corrected chi connectivity index (χ0v) is 12.5. The maximum absolute atomic E-state index is 9.62. The quantitative estimate of drug-likeness (QED) is 0.864. The fraction of sp³-hybridized carbons (Fsp3) is 0.625. The van der Waals surface area contributed by atoms with Crippen molar-refractivity contribution in [2.45, 2.75) is 44.3 Å². The van der Waals surface area contributed by atoms with E-state index in [1.54, 1.807) is 7.11 Å². The SMILES string of the molecule is COc1ccc(C(C(C)N)N2CCCCC2CO)cc1. The molecule has 0 saturated carbocycles. The van der Waals surface area contributed by atoms with Gasteiger partial charge in [-0.15, -0.1) is 0 Å². The van der Waals surface area contributed by atoms with Gasteiger partial charge in [0.1, 0.15) is 5.75 Å². The normalized spacial score (nSPS) is 23.3. The molecule has 4 nitrogen and oxygen atoms in total. The highest BCUT2D eigenvalue weighted by Crippen LogP contribution is 2.31. The molecular weight excluding hydrogens is 252 g/mol. The number of piperidine rings is 1. The molecule has 1 aromatic carbocycles. The Morgan fingerprint density at radius 2 is 2.05 bits per heavy atom. The molecule has 0 spiro atoms. The van der Waals surface area contributed by atoms with Gasteiger partial charge in [0.05, 0.1) is 13.7 Å². The van der Waals surface area contributed by atoms with Gasteiger partial charge in [-0.1, -0.05) is 18.6 Å². The minimum Gasteiger partial charge on any atom is -0.497 e. The van der Waals surface area contributed by atoms with Gasteiger partial charge in [-0.3, -0.25) is 4.90 Å². The topological polar surface area (TPSA) is 58.7 Å². The number of hydrogen-bond acceptors (Lipinski definition) is 4. The van der Waals surface area contributed by atoms with Crippen LogP contribution in [-0.4, -0.2) is 42.4 Å². The van der Waals surface area contributed by atoms with Crippen LogP contribution in [0, 0.1) is 0 Å². The van der Waals surface area contributed by atoms with Crippen molar-refractivity contribution in [2.24, 2.45) is 5.73 Å². The maximum Gasteiger partial charge on any atom is 0.118 e. The molecule has 1 aliphatic heterocycles. The molecular formula is C16H26N2O2. The Labute approximate surface area is 121 Å². The second-order valence-corrected chi connectivity index (χ2v) is 5.65. The molecule has 4 heteroatoms. The number of nitrogens with zero attached hydrogens (tertiary/aromatic N) is 1. The molecule has 1 aromatic rings. The minimum atomic E-state index is 0.0237. The standard InChI is InChI=1S/C16H26N2O2/c1-12(17)16(13-6-8-15(20-2)9-7-13)18-10-4-3-5-14(18)11-19/h6-9,12,14,16,19H,3-5,10-11,17H2,1-2H3. The van der Waals surface area contributed by atoms with Crippen LogP contribution in [0.1, 0.15) is 37.8 Å². The van der Waals surface area contributed by atoms with Crippen molar-refractivity contribution in [3.8, 4) is 5.75 Å². The van der Waals surface area contributed by atoms with Crippen LogP contribution in [0.5, 0.6) is 5.75 Å². The Bertz CT molecular complexity index is 405. The lowest BCUT2D eigenvalue weighted by Crippen LogP contribution is -2.49. The van der Waals surface area contributed by atoms with E-state index >= 15 is 0 Å². The lowest BCUT2D eigenvalue weighted by atomic mass is 9.93. The van der Waals surface area contributed by atoms with E-state index in [0.717, 1.165) is 18.7 Å². The number of aliphatic hydroxyl groups is 1. The van der Waals surface area contributed by atoms with Gasteiger partial charge in [0.2, 0.25) is 0 Å². The van der Waals surface area contributed by atoms with Gasteiger partial charge >= 0.3 is 0 Å². The van der Waals surface area contributed by atoms with Crippen molar-refractivity contribution in [1.29, 1.82) is 0 Å². The lowest BCUT2D eigenvalue weighted by molar-refractivity contribution is 0.0444. The summed E-state index contributed by atoms with van der Waals surface area (Å²) in [5.74, 6) is 0.856. The smallest absolute Gasteiger partial charge is 0.118 e. The first-order valence-electron chi connectivity index (χ1n) is 7.43. The third-order valence-electron chi connectivity index (χ3n) is 4.20. The molecule has 3 N–H and O–H groups in total. The van der Waals surface area contributed by atoms with Gasteiger partial charge in [-0.2, -0.15) is 0 Å². The second kappa shape index (κ2) is 7.07. The molecule has 112 valence electrons. The van der Waals surface area contributed by atoms with Gasteiger partial charge in [-0.25, -0.2) is 0 Å². The first-order chi connectivity index (χ1) is 9.67. The molecule has 0 radical (unpaired) electrons. The first-order valence-corrected chi connectivity index (χ1v) is 7.43. The third-order valence-corrected chi connectivity index (χ3v) is 4.20. The van der Waals surface area contributed by atoms with Crippen LogP contribution >= 0.6 is 0 Å². The van der Waals surface area contributed by atoms with Crippen LogP contribution < -0.4 is 10.5 Å². The second-order valence-electron chi connectivity index (χ2n) is 5.65. The summed E-state index contributed by atoms with van der Waals surface area (Å²) in [5, 5.41) is 9.62. The Balaban J connectivity index is 2.24. The number of aliphatic hydroxyl groups excluding tert-OH is 1. The Morgan fingerprint density at radius 3 is 2.60 bits per heavy atom. The summed E-state index contributed by atoms with van der Waals surface area (Å²) < 4.78 is 5.21. The van der Waals surface area contributed by atoms with Gasteiger partial charge in [0, 0.05) is 18.1 Å². The van der Waals surface area contributed by atoms with E-state index in [0.29, 0.717) is 0 Å². The van der Waals surface area contributed by atoms with Gasteiger partial charge < -0.3 is 15.6 Å². The summed E-state index contributed by atoms with van der Waals surface area (Å²) in [6.45, 7) is 3.25. The Morgan fingerprint density at radius 1 is 1.35 bits per heavy atom. The van der Waals surface area contributed by atoms with Crippen LogP contribution in [-0.2, 0) is 0 Å². The van der Waals surface area contributed by atoms with Gasteiger partial charge in [0.25, 0.3) is 0 Å². The Kier molecular flexibility index (Phi) is 5.40. The van der Waals surface area contributed by atoms with Crippen LogP contribution in [0.4, 0.5) is 0 Å². The predicted octanol–water partition coefficient (Wildman–Crippen LogP) is 1.93. The number of methoxy groups -OCH3 is 1. The monoisotopic (exact) mass is 278 g/mol. The minimum absolute atomic E-state index is 0.0237. The first kappa shape index (κ1) is 15.3. The number of rotatable bonds is 5. The molecule has 0 aromatic heterocycles. The zero-order chi connectivity index (χ0) is 14.5. The van der Waals surface area contributed by atoms with Crippen molar-refractivity contribution in [1.82, 2.24) is 4.90 Å². The summed E-state index contributed by atoms with van der Waals surface area (Å²) in [6, 6.07) is 8.51. The summed E-state index contributed by atoms with van der Waals surface area (Å²) in [7, 11) is 1.67. The molecule has 3 atom stereocenters. The summed E-state index contributed by atoms with van der Waals surface area (Å²) in [4.78, 5) is 2.37.